The largest absolute Gasteiger partial charge is 0.493 e. The molecule has 8 heteroatoms. The predicted octanol–water partition coefficient (Wildman–Crippen LogP) is 3.70. The van der Waals surface area contributed by atoms with E-state index in [9.17, 15) is 19.1 Å². The van der Waals surface area contributed by atoms with Gasteiger partial charge in [0, 0.05) is 49.3 Å². The van der Waals surface area contributed by atoms with E-state index in [-0.39, 0.29) is 23.8 Å². The molecule has 0 fully saturated rings. The summed E-state index contributed by atoms with van der Waals surface area (Å²) in [7, 11) is 1.91. The topological polar surface area (TPSA) is 83.8 Å². The number of ether oxygens (including phenoxy) is 1. The van der Waals surface area contributed by atoms with Crippen molar-refractivity contribution in [1.82, 2.24) is 14.8 Å². The Morgan fingerprint density at radius 2 is 2.00 bits per heavy atom. The number of carbonyl (C=O) groups is 2. The standard InChI is InChI=1S/C25H28FN3O4/c1-28-13-19(21-12-20(26)7-8-22(21)28)15-29-14-18-6-5-17(25(31)32)11-23(18)33-10-4-2-3-9-27-24(30)16-29/h5-8,11-13H,2-4,9-10,14-16H2,1H3,(H,27,30)(H,31,32). The Balaban J connectivity index is 1.68. The number of aromatic carboxylic acids is 1. The second-order valence-electron chi connectivity index (χ2n) is 8.46. The number of nitrogens with one attached hydrogen (secondary N) is 1. The number of aryl methyl sites for hydroxylation is 1. The van der Waals surface area contributed by atoms with Crippen LogP contribution in [0.15, 0.2) is 42.6 Å². The van der Waals surface area contributed by atoms with Gasteiger partial charge in [-0.1, -0.05) is 6.07 Å². The summed E-state index contributed by atoms with van der Waals surface area (Å²) in [5, 5.41) is 13.2. The summed E-state index contributed by atoms with van der Waals surface area (Å²) in [6.45, 7) is 2.05. The molecule has 174 valence electrons. The predicted molar refractivity (Wildman–Crippen MR) is 123 cm³/mol. The molecule has 2 heterocycles. The summed E-state index contributed by atoms with van der Waals surface area (Å²) < 4.78 is 21.9. The van der Waals surface area contributed by atoms with Crippen LogP contribution in [0.4, 0.5) is 4.39 Å². The molecule has 33 heavy (non-hydrogen) atoms. The molecule has 0 radical (unpaired) electrons. The molecule has 7 nitrogen and oxygen atoms in total. The summed E-state index contributed by atoms with van der Waals surface area (Å²) in [6, 6.07) is 9.54. The van der Waals surface area contributed by atoms with Crippen molar-refractivity contribution in [2.45, 2.75) is 32.4 Å². The number of benzene rings is 2. The van der Waals surface area contributed by atoms with E-state index in [1.165, 1.54) is 12.1 Å². The monoisotopic (exact) mass is 453 g/mol. The van der Waals surface area contributed by atoms with Crippen molar-refractivity contribution in [2.24, 2.45) is 7.05 Å². The quantitative estimate of drug-likeness (QED) is 0.632. The second-order valence-corrected chi connectivity index (χ2v) is 8.46. The molecule has 0 bridgehead atoms. The average molecular weight is 454 g/mol. The zero-order valence-electron chi connectivity index (χ0n) is 18.6. The van der Waals surface area contributed by atoms with Crippen LogP contribution in [0, 0.1) is 5.82 Å². The van der Waals surface area contributed by atoms with Crippen LogP contribution in [0.1, 0.15) is 40.7 Å². The lowest BCUT2D eigenvalue weighted by molar-refractivity contribution is -0.122. The van der Waals surface area contributed by atoms with Crippen LogP contribution >= 0.6 is 0 Å². The van der Waals surface area contributed by atoms with Gasteiger partial charge in [0.15, 0.2) is 0 Å². The summed E-state index contributed by atoms with van der Waals surface area (Å²) in [5.74, 6) is -0.885. The molecular weight excluding hydrogens is 425 g/mol. The highest BCUT2D eigenvalue weighted by molar-refractivity contribution is 5.88. The van der Waals surface area contributed by atoms with E-state index in [1.54, 1.807) is 24.3 Å². The average Bonchev–Trinajstić information content (AvgIpc) is 3.08. The van der Waals surface area contributed by atoms with E-state index in [0.29, 0.717) is 32.0 Å². The van der Waals surface area contributed by atoms with E-state index >= 15 is 0 Å². The zero-order chi connectivity index (χ0) is 23.4. The Bertz CT molecular complexity index is 1170. The number of aromatic nitrogens is 1. The lowest BCUT2D eigenvalue weighted by atomic mass is 10.1. The number of carboxylic acid groups (broad SMARTS) is 1. The van der Waals surface area contributed by atoms with Crippen molar-refractivity contribution in [2.75, 3.05) is 19.7 Å². The van der Waals surface area contributed by atoms with Crippen LogP contribution in [0.5, 0.6) is 5.75 Å². The first-order valence-electron chi connectivity index (χ1n) is 11.1. The van der Waals surface area contributed by atoms with Gasteiger partial charge in [0.05, 0.1) is 18.7 Å². The smallest absolute Gasteiger partial charge is 0.335 e. The fourth-order valence-electron chi connectivity index (χ4n) is 4.25. The molecule has 1 aliphatic rings. The van der Waals surface area contributed by atoms with Gasteiger partial charge >= 0.3 is 5.97 Å². The number of fused-ring (bicyclic) bond motifs is 2. The van der Waals surface area contributed by atoms with Crippen LogP contribution in [0.3, 0.4) is 0 Å². The Morgan fingerprint density at radius 3 is 2.82 bits per heavy atom. The first kappa shape index (κ1) is 22.8. The first-order valence-corrected chi connectivity index (χ1v) is 11.1. The fraction of sp³-hybridized carbons (Fsp3) is 0.360. The Morgan fingerprint density at radius 1 is 1.15 bits per heavy atom. The molecule has 2 aromatic carbocycles. The SMILES string of the molecule is Cn1cc(CN2CC(=O)NCCCCCOc3cc(C(=O)O)ccc3C2)c2cc(F)ccc21. The maximum atomic E-state index is 14.0. The van der Waals surface area contributed by atoms with E-state index in [2.05, 4.69) is 5.32 Å². The van der Waals surface area contributed by atoms with Crippen molar-refractivity contribution in [3.63, 3.8) is 0 Å². The molecule has 0 saturated carbocycles. The molecule has 0 spiro atoms. The third kappa shape index (κ3) is 5.51. The molecule has 4 rings (SSSR count). The molecule has 0 unspecified atom stereocenters. The van der Waals surface area contributed by atoms with E-state index < -0.39 is 5.97 Å². The highest BCUT2D eigenvalue weighted by atomic mass is 19.1. The molecule has 2 N–H and O–H groups in total. The van der Waals surface area contributed by atoms with E-state index in [4.69, 9.17) is 4.74 Å². The van der Waals surface area contributed by atoms with E-state index in [1.807, 2.05) is 22.7 Å². The van der Waals surface area contributed by atoms with Crippen molar-refractivity contribution >= 4 is 22.8 Å². The van der Waals surface area contributed by atoms with Crippen molar-refractivity contribution < 1.29 is 23.8 Å². The van der Waals surface area contributed by atoms with Gasteiger partial charge in [0.1, 0.15) is 11.6 Å². The molecule has 1 aliphatic heterocycles. The van der Waals surface area contributed by atoms with Gasteiger partial charge in [-0.05, 0) is 55.2 Å². The number of nitrogens with zero attached hydrogens (tertiary/aromatic N) is 2. The van der Waals surface area contributed by atoms with Crippen molar-refractivity contribution in [1.29, 1.82) is 0 Å². The van der Waals surface area contributed by atoms with E-state index in [0.717, 1.165) is 41.3 Å². The minimum Gasteiger partial charge on any atom is -0.493 e. The normalized spacial score (nSPS) is 16.1. The number of hydrogen-bond donors (Lipinski definition) is 2. The number of rotatable bonds is 3. The van der Waals surface area contributed by atoms with Gasteiger partial charge in [-0.2, -0.15) is 0 Å². The highest BCUT2D eigenvalue weighted by Gasteiger charge is 2.19. The van der Waals surface area contributed by atoms with Gasteiger partial charge in [-0.25, -0.2) is 9.18 Å². The number of carbonyl (C=O) groups excluding carboxylic acids is 1. The Labute approximate surface area is 191 Å². The highest BCUT2D eigenvalue weighted by Crippen LogP contribution is 2.27. The maximum Gasteiger partial charge on any atom is 0.335 e. The Hall–Kier alpha value is -3.39. The van der Waals surface area contributed by atoms with Crippen LogP contribution in [-0.4, -0.2) is 46.1 Å². The third-order valence-corrected chi connectivity index (χ3v) is 5.90. The summed E-state index contributed by atoms with van der Waals surface area (Å²) in [4.78, 5) is 26.1. The first-order chi connectivity index (χ1) is 15.9. The third-order valence-electron chi connectivity index (χ3n) is 5.90. The molecule has 0 saturated heterocycles. The maximum absolute atomic E-state index is 14.0. The lowest BCUT2D eigenvalue weighted by Gasteiger charge is -2.23. The molecular formula is C25H28FN3O4. The van der Waals surface area contributed by atoms with Crippen LogP contribution in [0.2, 0.25) is 0 Å². The van der Waals surface area contributed by atoms with Crippen molar-refractivity contribution in [3.8, 4) is 5.75 Å². The van der Waals surface area contributed by atoms with Gasteiger partial charge < -0.3 is 19.7 Å². The zero-order valence-corrected chi connectivity index (χ0v) is 18.6. The number of carboxylic acids is 1. The van der Waals surface area contributed by atoms with Crippen molar-refractivity contribution in [3.05, 3.63) is 65.1 Å². The number of amides is 1. The minimum absolute atomic E-state index is 0.0784. The molecule has 1 amide bonds. The summed E-state index contributed by atoms with van der Waals surface area (Å²) in [6.07, 6.45) is 4.52. The Kier molecular flexibility index (Phi) is 6.93. The van der Waals surface area contributed by atoms with Crippen LogP contribution in [0.25, 0.3) is 10.9 Å². The lowest BCUT2D eigenvalue weighted by Crippen LogP contribution is -2.37. The van der Waals surface area contributed by atoms with Gasteiger partial charge in [0.2, 0.25) is 5.91 Å². The van der Waals surface area contributed by atoms with Crippen LogP contribution in [-0.2, 0) is 24.9 Å². The van der Waals surface area contributed by atoms with Crippen LogP contribution < -0.4 is 10.1 Å². The number of hydrogen-bond acceptors (Lipinski definition) is 4. The van der Waals surface area contributed by atoms with Gasteiger partial charge in [-0.3, -0.25) is 9.69 Å². The van der Waals surface area contributed by atoms with Gasteiger partial charge in [-0.15, -0.1) is 0 Å². The molecule has 1 aromatic heterocycles. The molecule has 3 aromatic rings. The second kappa shape index (κ2) is 10.0. The number of halogens is 1. The minimum atomic E-state index is -1.02. The summed E-state index contributed by atoms with van der Waals surface area (Å²) >= 11 is 0. The molecule has 0 atom stereocenters. The molecule has 0 aliphatic carbocycles. The summed E-state index contributed by atoms with van der Waals surface area (Å²) in [5.41, 5.74) is 2.79. The van der Waals surface area contributed by atoms with Gasteiger partial charge in [0.25, 0.3) is 0 Å². The fourth-order valence-corrected chi connectivity index (χ4v) is 4.25.